The van der Waals surface area contributed by atoms with E-state index in [9.17, 15) is 14.9 Å². The highest BCUT2D eigenvalue weighted by molar-refractivity contribution is 6.37. The maximum absolute atomic E-state index is 12.4. The monoisotopic (exact) mass is 378 g/mol. The number of carbonyl (C=O) groups is 1. The van der Waals surface area contributed by atoms with Crippen molar-refractivity contribution in [1.82, 2.24) is 4.90 Å². The Balaban J connectivity index is 2.18. The van der Waals surface area contributed by atoms with Crippen LogP contribution < -0.4 is 0 Å². The molecule has 0 N–H and O–H groups in total. The fraction of sp³-hybridized carbons (Fsp3) is 0.167. The number of carbonyl (C=O) groups excluding carboxylic acids is 1. The van der Waals surface area contributed by atoms with Gasteiger partial charge in [0.05, 0.1) is 11.0 Å². The van der Waals surface area contributed by atoms with Crippen LogP contribution in [0.2, 0.25) is 10.0 Å². The molecular weight excluding hydrogens is 363 g/mol. The van der Waals surface area contributed by atoms with Gasteiger partial charge in [-0.05, 0) is 30.7 Å². The molecule has 0 fully saturated rings. The quantitative estimate of drug-likeness (QED) is 0.411. The molecule has 7 heteroatoms. The Morgan fingerprint density at radius 2 is 1.80 bits per heavy atom. The van der Waals surface area contributed by atoms with Crippen LogP contribution in [0.3, 0.4) is 0 Å². The molecule has 0 aliphatic rings. The fourth-order valence-electron chi connectivity index (χ4n) is 2.25. The lowest BCUT2D eigenvalue weighted by atomic mass is 10.1. The summed E-state index contributed by atoms with van der Waals surface area (Å²) in [4.78, 5) is 24.3. The highest BCUT2D eigenvalue weighted by Gasteiger charge is 2.18. The Hall–Kier alpha value is -2.37. The van der Waals surface area contributed by atoms with Crippen molar-refractivity contribution in [2.75, 3.05) is 7.05 Å². The van der Waals surface area contributed by atoms with Gasteiger partial charge >= 0.3 is 0 Å². The molecule has 0 aromatic heterocycles. The van der Waals surface area contributed by atoms with Gasteiger partial charge in [-0.25, -0.2) is 0 Å². The van der Waals surface area contributed by atoms with Gasteiger partial charge in [0.1, 0.15) is 0 Å². The minimum Gasteiger partial charge on any atom is -0.335 e. The van der Waals surface area contributed by atoms with Gasteiger partial charge in [0.25, 0.3) is 5.69 Å². The maximum Gasteiger partial charge on any atom is 0.269 e. The highest BCUT2D eigenvalue weighted by atomic mass is 35.5. The van der Waals surface area contributed by atoms with E-state index in [1.807, 2.05) is 0 Å². The molecule has 2 aromatic carbocycles. The second-order valence-corrected chi connectivity index (χ2v) is 6.26. The number of amides is 1. The molecule has 130 valence electrons. The average Bonchev–Trinajstić information content (AvgIpc) is 2.59. The van der Waals surface area contributed by atoms with Crippen molar-refractivity contribution < 1.29 is 9.72 Å². The van der Waals surface area contributed by atoms with Crippen LogP contribution in [-0.4, -0.2) is 22.8 Å². The first kappa shape index (κ1) is 19.0. The van der Waals surface area contributed by atoms with E-state index < -0.39 is 4.92 Å². The van der Waals surface area contributed by atoms with E-state index >= 15 is 0 Å². The van der Waals surface area contributed by atoms with E-state index in [4.69, 9.17) is 23.2 Å². The number of hydrogen-bond donors (Lipinski definition) is 0. The Labute approximate surface area is 155 Å². The third-order valence-electron chi connectivity index (χ3n) is 3.88. The largest absolute Gasteiger partial charge is 0.335 e. The van der Waals surface area contributed by atoms with Crippen LogP contribution in [0.1, 0.15) is 24.1 Å². The summed E-state index contributed by atoms with van der Waals surface area (Å²) in [6, 6.07) is 11.0. The molecule has 5 nitrogen and oxygen atoms in total. The Morgan fingerprint density at radius 1 is 1.20 bits per heavy atom. The minimum atomic E-state index is -0.461. The summed E-state index contributed by atoms with van der Waals surface area (Å²) in [5.41, 5.74) is 1.23. The zero-order valence-corrected chi connectivity index (χ0v) is 15.2. The molecule has 0 unspecified atom stereocenters. The number of benzene rings is 2. The Morgan fingerprint density at radius 3 is 2.40 bits per heavy atom. The molecule has 0 heterocycles. The summed E-state index contributed by atoms with van der Waals surface area (Å²) in [6.45, 7) is 1.80. The predicted molar refractivity (Wildman–Crippen MR) is 99.8 cm³/mol. The highest BCUT2D eigenvalue weighted by Crippen LogP contribution is 2.26. The standard InChI is InChI=1S/C18H16Cl2N2O3/c1-12(13-5-3-6-14(11-13)22(24)25)21(2)18(23)10-9-15-16(19)7-4-8-17(15)20/h3-12H,1-2H3/b10-9+/t12-/m0/s1. The zero-order valence-electron chi connectivity index (χ0n) is 13.6. The summed E-state index contributed by atoms with van der Waals surface area (Å²) in [7, 11) is 1.63. The van der Waals surface area contributed by atoms with E-state index in [-0.39, 0.29) is 17.6 Å². The van der Waals surface area contributed by atoms with Crippen LogP contribution in [0, 0.1) is 10.1 Å². The lowest BCUT2D eigenvalue weighted by molar-refractivity contribution is -0.384. The minimum absolute atomic E-state index is 0.0106. The van der Waals surface area contributed by atoms with E-state index in [0.29, 0.717) is 21.2 Å². The first-order valence-corrected chi connectivity index (χ1v) is 8.20. The average molecular weight is 379 g/mol. The molecule has 25 heavy (non-hydrogen) atoms. The maximum atomic E-state index is 12.4. The zero-order chi connectivity index (χ0) is 18.6. The van der Waals surface area contributed by atoms with Crippen LogP contribution in [0.5, 0.6) is 0 Å². The molecule has 1 amide bonds. The number of non-ortho nitro benzene ring substituents is 1. The van der Waals surface area contributed by atoms with Gasteiger partial charge in [0.2, 0.25) is 5.91 Å². The number of hydrogen-bond acceptors (Lipinski definition) is 3. The van der Waals surface area contributed by atoms with Crippen molar-refractivity contribution in [2.45, 2.75) is 13.0 Å². The van der Waals surface area contributed by atoms with Crippen LogP contribution in [-0.2, 0) is 4.79 Å². The molecule has 0 bridgehead atoms. The van der Waals surface area contributed by atoms with Crippen molar-refractivity contribution in [2.24, 2.45) is 0 Å². The van der Waals surface area contributed by atoms with Crippen molar-refractivity contribution in [3.63, 3.8) is 0 Å². The van der Waals surface area contributed by atoms with Gasteiger partial charge < -0.3 is 4.90 Å². The van der Waals surface area contributed by atoms with Gasteiger partial charge in [0.15, 0.2) is 0 Å². The number of nitro groups is 1. The van der Waals surface area contributed by atoms with Gasteiger partial charge in [-0.1, -0.05) is 41.4 Å². The summed E-state index contributed by atoms with van der Waals surface area (Å²) in [6.07, 6.45) is 2.94. The first-order chi connectivity index (χ1) is 11.8. The molecule has 0 aliphatic heterocycles. The SMILES string of the molecule is C[C@@H](c1cccc([N+](=O)[O-])c1)N(C)C(=O)/C=C/c1c(Cl)cccc1Cl. The summed E-state index contributed by atoms with van der Waals surface area (Å²) >= 11 is 12.1. The lowest BCUT2D eigenvalue weighted by Gasteiger charge is -2.24. The molecule has 0 saturated carbocycles. The van der Waals surface area contributed by atoms with Crippen LogP contribution in [0.25, 0.3) is 6.08 Å². The second-order valence-electron chi connectivity index (χ2n) is 5.45. The Bertz CT molecular complexity index is 817. The number of rotatable bonds is 5. The molecule has 0 aliphatic carbocycles. The van der Waals surface area contributed by atoms with E-state index in [0.717, 1.165) is 0 Å². The molecule has 1 atom stereocenters. The Kier molecular flexibility index (Phi) is 6.17. The number of nitro benzene ring substituents is 1. The third kappa shape index (κ3) is 4.59. The molecule has 0 saturated heterocycles. The summed E-state index contributed by atoms with van der Waals surface area (Å²) in [5.74, 6) is -0.269. The smallest absolute Gasteiger partial charge is 0.269 e. The van der Waals surface area contributed by atoms with E-state index in [2.05, 4.69) is 0 Å². The number of likely N-dealkylation sites (N-methyl/N-ethyl adjacent to an activating group) is 1. The third-order valence-corrected chi connectivity index (χ3v) is 4.54. The number of nitrogens with zero attached hydrogens (tertiary/aromatic N) is 2. The van der Waals surface area contributed by atoms with E-state index in [1.165, 1.54) is 23.1 Å². The summed E-state index contributed by atoms with van der Waals surface area (Å²) < 4.78 is 0. The fourth-order valence-corrected chi connectivity index (χ4v) is 2.78. The molecule has 0 spiro atoms. The first-order valence-electron chi connectivity index (χ1n) is 7.44. The topological polar surface area (TPSA) is 63.5 Å². The second kappa shape index (κ2) is 8.14. The van der Waals surface area contributed by atoms with Crippen molar-refractivity contribution in [3.8, 4) is 0 Å². The van der Waals surface area contributed by atoms with Gasteiger partial charge in [0, 0.05) is 40.9 Å². The van der Waals surface area contributed by atoms with Crippen LogP contribution in [0.4, 0.5) is 5.69 Å². The summed E-state index contributed by atoms with van der Waals surface area (Å²) in [5, 5.41) is 11.8. The van der Waals surface area contributed by atoms with Crippen molar-refractivity contribution >= 4 is 40.9 Å². The normalized spacial score (nSPS) is 12.2. The van der Waals surface area contributed by atoms with Gasteiger partial charge in [-0.3, -0.25) is 14.9 Å². The van der Waals surface area contributed by atoms with Crippen LogP contribution >= 0.6 is 23.2 Å². The van der Waals surface area contributed by atoms with Gasteiger partial charge in [-0.2, -0.15) is 0 Å². The molecular formula is C18H16Cl2N2O3. The molecule has 2 rings (SSSR count). The molecule has 2 aromatic rings. The van der Waals surface area contributed by atoms with Crippen molar-refractivity contribution in [3.05, 3.63) is 79.8 Å². The molecule has 0 radical (unpaired) electrons. The lowest BCUT2D eigenvalue weighted by Crippen LogP contribution is -2.28. The van der Waals surface area contributed by atoms with Crippen LogP contribution in [0.15, 0.2) is 48.5 Å². The number of halogens is 2. The van der Waals surface area contributed by atoms with E-state index in [1.54, 1.807) is 50.4 Å². The predicted octanol–water partition coefficient (Wildman–Crippen LogP) is 5.13. The van der Waals surface area contributed by atoms with Gasteiger partial charge in [-0.15, -0.1) is 0 Å². The van der Waals surface area contributed by atoms with Crippen molar-refractivity contribution in [1.29, 1.82) is 0 Å².